The lowest BCUT2D eigenvalue weighted by atomic mass is 9.92. The van der Waals surface area contributed by atoms with Gasteiger partial charge in [0.25, 0.3) is 11.2 Å². The highest BCUT2D eigenvalue weighted by Gasteiger charge is 2.35. The van der Waals surface area contributed by atoms with E-state index in [0.717, 1.165) is 12.1 Å². The average Bonchev–Trinajstić information content (AvgIpc) is 2.78. The molecule has 11 nitrogen and oxygen atoms in total. The monoisotopic (exact) mass is 488 g/mol. The molecule has 3 aromatic rings. The number of nitro groups is 1. The van der Waals surface area contributed by atoms with Crippen LogP contribution in [-0.2, 0) is 15.8 Å². The fourth-order valence-electron chi connectivity index (χ4n) is 3.46. The maximum absolute atomic E-state index is 13.0. The highest BCUT2D eigenvalue weighted by Crippen LogP contribution is 2.32. The number of amides is 2. The van der Waals surface area contributed by atoms with Gasteiger partial charge in [0.05, 0.1) is 22.0 Å². The van der Waals surface area contributed by atoms with Crippen molar-refractivity contribution in [3.63, 3.8) is 0 Å². The second-order valence-corrected chi connectivity index (χ2v) is 7.48. The first-order chi connectivity index (χ1) is 16.5. The van der Waals surface area contributed by atoms with Crippen LogP contribution in [0.2, 0.25) is 0 Å². The second-order valence-electron chi connectivity index (χ2n) is 7.48. The number of H-pyrrole nitrogens is 1. The predicted octanol–water partition coefficient (Wildman–Crippen LogP) is 3.51. The molecule has 0 bridgehead atoms. The number of rotatable bonds is 5. The third-order valence-electron chi connectivity index (χ3n) is 5.07. The third-order valence-corrected chi connectivity index (χ3v) is 5.07. The number of non-ortho nitro benzene ring substituents is 1. The van der Waals surface area contributed by atoms with Crippen molar-refractivity contribution in [3.05, 3.63) is 80.1 Å². The first kappa shape index (κ1) is 23.4. The molecule has 1 aliphatic heterocycles. The Labute approximate surface area is 193 Å². The van der Waals surface area contributed by atoms with Gasteiger partial charge in [-0.2, -0.15) is 18.2 Å². The molecular formula is C21H15F3N6O5. The van der Waals surface area contributed by atoms with Gasteiger partial charge in [-0.3, -0.25) is 29.5 Å². The number of carbonyl (C=O) groups excluding carboxylic acids is 2. The molecule has 1 aromatic heterocycles. The van der Waals surface area contributed by atoms with Gasteiger partial charge in [-0.15, -0.1) is 0 Å². The van der Waals surface area contributed by atoms with Crippen LogP contribution < -0.4 is 21.5 Å². The molecule has 180 valence electrons. The maximum Gasteiger partial charge on any atom is 0.416 e. The smallest absolute Gasteiger partial charge is 0.326 e. The number of anilines is 4. The highest BCUT2D eigenvalue weighted by molar-refractivity contribution is 6.04. The van der Waals surface area contributed by atoms with E-state index in [1.165, 1.54) is 36.4 Å². The molecule has 2 amide bonds. The van der Waals surface area contributed by atoms with Crippen molar-refractivity contribution in [1.29, 1.82) is 0 Å². The Balaban J connectivity index is 1.60. The summed E-state index contributed by atoms with van der Waals surface area (Å²) in [6.45, 7) is 0. The van der Waals surface area contributed by atoms with Gasteiger partial charge in [0.2, 0.25) is 17.8 Å². The number of aromatic amines is 1. The van der Waals surface area contributed by atoms with Crippen LogP contribution in [0.5, 0.6) is 0 Å². The van der Waals surface area contributed by atoms with E-state index in [-0.39, 0.29) is 40.8 Å². The molecule has 0 radical (unpaired) electrons. The summed E-state index contributed by atoms with van der Waals surface area (Å²) in [4.78, 5) is 54.4. The van der Waals surface area contributed by atoms with Gasteiger partial charge in [0.1, 0.15) is 5.82 Å². The fraction of sp³-hybridized carbons (Fsp3) is 0.143. The minimum Gasteiger partial charge on any atom is -0.326 e. The number of halogens is 3. The van der Waals surface area contributed by atoms with Gasteiger partial charge in [0, 0.05) is 29.9 Å². The third kappa shape index (κ3) is 5.10. The van der Waals surface area contributed by atoms with Crippen molar-refractivity contribution in [2.45, 2.75) is 18.5 Å². The number of nitrogens with zero attached hydrogens (tertiary/aromatic N) is 2. The van der Waals surface area contributed by atoms with Crippen molar-refractivity contribution >= 4 is 40.6 Å². The van der Waals surface area contributed by atoms with Gasteiger partial charge >= 0.3 is 6.18 Å². The number of hydrogen-bond acceptors (Lipinski definition) is 7. The zero-order valence-electron chi connectivity index (χ0n) is 17.5. The molecule has 0 fully saturated rings. The van der Waals surface area contributed by atoms with Crippen LogP contribution in [0.15, 0.2) is 53.3 Å². The summed E-state index contributed by atoms with van der Waals surface area (Å²) in [6.07, 6.45) is -4.94. The van der Waals surface area contributed by atoms with E-state index in [1.54, 1.807) is 0 Å². The molecular weight excluding hydrogens is 473 g/mol. The Morgan fingerprint density at radius 3 is 2.49 bits per heavy atom. The van der Waals surface area contributed by atoms with Crippen molar-refractivity contribution in [2.24, 2.45) is 0 Å². The largest absolute Gasteiger partial charge is 0.416 e. The molecule has 4 rings (SSSR count). The van der Waals surface area contributed by atoms with Crippen LogP contribution in [0.3, 0.4) is 0 Å². The standard InChI is InChI=1S/C21H15F3N6O5/c22-21(23,24)10-2-1-3-12(8-10)26-20-28-17-16(19(33)29-20)14(9-15(31)27-17)18(32)25-11-4-6-13(7-5-11)30(34)35/h1-8,14H,9H2,(H,25,32)(H3,26,27,28,29,31,33)/t14-/m0/s1. The van der Waals surface area contributed by atoms with Crippen LogP contribution >= 0.6 is 0 Å². The lowest BCUT2D eigenvalue weighted by Gasteiger charge is -2.23. The molecule has 0 saturated carbocycles. The zero-order chi connectivity index (χ0) is 25.3. The van der Waals surface area contributed by atoms with Gasteiger partial charge in [-0.25, -0.2) is 0 Å². The quantitative estimate of drug-likeness (QED) is 0.316. The Hall–Kier alpha value is -4.75. The number of alkyl halides is 3. The van der Waals surface area contributed by atoms with E-state index in [1.807, 2.05) is 0 Å². The minimum atomic E-state index is -4.58. The predicted molar refractivity (Wildman–Crippen MR) is 117 cm³/mol. The van der Waals surface area contributed by atoms with Crippen LogP contribution in [-0.4, -0.2) is 26.7 Å². The van der Waals surface area contributed by atoms with E-state index in [0.29, 0.717) is 0 Å². The SMILES string of the molecule is O=C1C[C@H](C(=O)Nc2ccc([N+](=O)[O-])cc2)c2c(nc(Nc3cccc(C(F)(F)F)c3)[nH]c2=O)N1. The molecule has 1 atom stereocenters. The average molecular weight is 488 g/mol. The number of aromatic nitrogens is 2. The van der Waals surface area contributed by atoms with Crippen molar-refractivity contribution < 1.29 is 27.7 Å². The first-order valence-corrected chi connectivity index (χ1v) is 9.95. The van der Waals surface area contributed by atoms with Gasteiger partial charge in [0.15, 0.2) is 0 Å². The number of fused-ring (bicyclic) bond motifs is 1. The molecule has 0 aliphatic carbocycles. The maximum atomic E-state index is 13.0. The number of nitro benzene ring substituents is 1. The summed E-state index contributed by atoms with van der Waals surface area (Å²) in [5, 5.41) is 18.2. The molecule has 0 spiro atoms. The number of hydrogen-bond donors (Lipinski definition) is 4. The minimum absolute atomic E-state index is 0.0162. The Morgan fingerprint density at radius 1 is 1.11 bits per heavy atom. The van der Waals surface area contributed by atoms with E-state index >= 15 is 0 Å². The molecule has 2 aromatic carbocycles. The summed E-state index contributed by atoms with van der Waals surface area (Å²) >= 11 is 0. The van der Waals surface area contributed by atoms with Gasteiger partial charge < -0.3 is 16.0 Å². The Bertz CT molecular complexity index is 1390. The number of nitrogens with one attached hydrogen (secondary N) is 4. The first-order valence-electron chi connectivity index (χ1n) is 9.95. The summed E-state index contributed by atoms with van der Waals surface area (Å²) in [5.74, 6) is -3.02. The van der Waals surface area contributed by atoms with E-state index in [4.69, 9.17) is 0 Å². The summed E-state index contributed by atoms with van der Waals surface area (Å²) in [7, 11) is 0. The molecule has 2 heterocycles. The van der Waals surface area contributed by atoms with Crippen molar-refractivity contribution in [2.75, 3.05) is 16.0 Å². The van der Waals surface area contributed by atoms with Crippen LogP contribution in [0.4, 0.5) is 42.0 Å². The Kier molecular flexibility index (Phi) is 5.94. The van der Waals surface area contributed by atoms with Crippen molar-refractivity contribution in [3.8, 4) is 0 Å². The topological polar surface area (TPSA) is 159 Å². The van der Waals surface area contributed by atoms with Crippen LogP contribution in [0.25, 0.3) is 0 Å². The Morgan fingerprint density at radius 2 is 1.83 bits per heavy atom. The van der Waals surface area contributed by atoms with Crippen molar-refractivity contribution in [1.82, 2.24) is 9.97 Å². The molecule has 35 heavy (non-hydrogen) atoms. The molecule has 1 aliphatic rings. The van der Waals surface area contributed by atoms with Crippen LogP contribution in [0.1, 0.15) is 23.5 Å². The molecule has 0 unspecified atom stereocenters. The van der Waals surface area contributed by atoms with Crippen LogP contribution in [0, 0.1) is 10.1 Å². The number of carbonyl (C=O) groups is 2. The molecule has 0 saturated heterocycles. The molecule has 4 N–H and O–H groups in total. The van der Waals surface area contributed by atoms with E-state index in [9.17, 15) is 37.7 Å². The molecule has 14 heteroatoms. The summed E-state index contributed by atoms with van der Waals surface area (Å²) in [6, 6.07) is 9.14. The van der Waals surface area contributed by atoms with E-state index in [2.05, 4.69) is 25.9 Å². The van der Waals surface area contributed by atoms with Gasteiger partial charge in [-0.1, -0.05) is 6.07 Å². The summed E-state index contributed by atoms with van der Waals surface area (Å²) < 4.78 is 38.9. The lowest BCUT2D eigenvalue weighted by molar-refractivity contribution is -0.384. The zero-order valence-corrected chi connectivity index (χ0v) is 17.5. The summed E-state index contributed by atoms with van der Waals surface area (Å²) in [5.41, 5.74) is -1.84. The van der Waals surface area contributed by atoms with Gasteiger partial charge in [-0.05, 0) is 30.3 Å². The lowest BCUT2D eigenvalue weighted by Crippen LogP contribution is -2.36. The van der Waals surface area contributed by atoms with E-state index < -0.39 is 40.0 Å². The number of benzene rings is 2. The normalized spacial score (nSPS) is 15.1. The second kappa shape index (κ2) is 8.89. The highest BCUT2D eigenvalue weighted by atomic mass is 19.4. The fourth-order valence-corrected chi connectivity index (χ4v) is 3.46.